The first-order valence-corrected chi connectivity index (χ1v) is 6.78. The molecule has 0 aromatic heterocycles. The molecule has 0 radical (unpaired) electrons. The molecule has 0 aromatic carbocycles. The minimum atomic E-state index is -0.777. The number of esters is 1. The van der Waals surface area contributed by atoms with E-state index in [1.807, 2.05) is 0 Å². The fourth-order valence-electron chi connectivity index (χ4n) is 2.63. The summed E-state index contributed by atoms with van der Waals surface area (Å²) in [6, 6.07) is 0. The van der Waals surface area contributed by atoms with Crippen LogP contribution in [0.15, 0.2) is 0 Å². The van der Waals surface area contributed by atoms with Crippen molar-refractivity contribution in [3.63, 3.8) is 0 Å². The van der Waals surface area contributed by atoms with Crippen molar-refractivity contribution >= 4 is 23.4 Å². The topological polar surface area (TPSA) is 72.5 Å². The summed E-state index contributed by atoms with van der Waals surface area (Å²) >= 11 is 4.83. The average Bonchev–Trinajstić information content (AvgIpc) is 2.93. The molecular weight excluding hydrogens is 288 g/mol. The van der Waals surface area contributed by atoms with Gasteiger partial charge in [0.2, 0.25) is 0 Å². The van der Waals surface area contributed by atoms with Gasteiger partial charge in [-0.15, -0.1) is 0 Å². The fourth-order valence-corrected chi connectivity index (χ4v) is 2.82. The molecule has 5 atom stereocenters. The first-order chi connectivity index (χ1) is 9.35. The monoisotopic (exact) mass is 304 g/mol. The van der Waals surface area contributed by atoms with E-state index in [4.69, 9.17) is 40.6 Å². The van der Waals surface area contributed by atoms with Crippen LogP contribution < -0.4 is 0 Å². The van der Waals surface area contributed by atoms with E-state index in [2.05, 4.69) is 0 Å². The molecule has 3 fully saturated rings. The van der Waals surface area contributed by atoms with Gasteiger partial charge in [0.15, 0.2) is 30.4 Å². The van der Waals surface area contributed by atoms with Gasteiger partial charge in [0.05, 0.1) is 0 Å². The van der Waals surface area contributed by atoms with Crippen LogP contribution in [0.3, 0.4) is 0 Å². The SMILES string of the molecule is CC(=O)O[C@@H]1[C@H]2OC(C)(C)O[C@@H]2O[C@@H]1[C@@H]1COC(=S)O1. The molecule has 7 nitrogen and oxygen atoms in total. The van der Waals surface area contributed by atoms with E-state index in [0.29, 0.717) is 0 Å². The molecule has 8 heteroatoms. The van der Waals surface area contributed by atoms with Crippen molar-refractivity contribution < 1.29 is 33.2 Å². The van der Waals surface area contributed by atoms with Crippen molar-refractivity contribution in [2.75, 3.05) is 6.61 Å². The third kappa shape index (κ3) is 2.48. The largest absolute Gasteiger partial charge is 0.457 e. The lowest BCUT2D eigenvalue weighted by molar-refractivity contribution is -0.226. The van der Waals surface area contributed by atoms with E-state index in [9.17, 15) is 4.79 Å². The third-order valence-electron chi connectivity index (χ3n) is 3.31. The van der Waals surface area contributed by atoms with Crippen molar-refractivity contribution in [3.8, 4) is 0 Å². The van der Waals surface area contributed by atoms with Crippen LogP contribution in [-0.2, 0) is 33.2 Å². The highest BCUT2D eigenvalue weighted by Crippen LogP contribution is 2.40. The highest BCUT2D eigenvalue weighted by Gasteiger charge is 2.59. The normalized spacial score (nSPS) is 42.0. The number of thiocarbonyl (C=S) groups is 1. The van der Waals surface area contributed by atoms with Crippen molar-refractivity contribution in [2.45, 2.75) is 57.3 Å². The van der Waals surface area contributed by atoms with Crippen LogP contribution in [-0.4, -0.2) is 54.3 Å². The zero-order chi connectivity index (χ0) is 14.5. The summed E-state index contributed by atoms with van der Waals surface area (Å²) in [5, 5.41) is 0.0689. The number of carbonyl (C=O) groups is 1. The van der Waals surface area contributed by atoms with E-state index in [1.54, 1.807) is 13.8 Å². The third-order valence-corrected chi connectivity index (χ3v) is 3.52. The Hall–Kier alpha value is -0.960. The molecule has 0 amide bonds. The maximum atomic E-state index is 11.3. The Bertz CT molecular complexity index is 438. The highest BCUT2D eigenvalue weighted by molar-refractivity contribution is 7.79. The second-order valence-corrected chi connectivity index (χ2v) is 5.69. The zero-order valence-corrected chi connectivity index (χ0v) is 12.2. The highest BCUT2D eigenvalue weighted by atomic mass is 32.1. The summed E-state index contributed by atoms with van der Waals surface area (Å²) in [5.41, 5.74) is 0. The maximum absolute atomic E-state index is 11.3. The number of hydrogen-bond acceptors (Lipinski definition) is 8. The van der Waals surface area contributed by atoms with Crippen LogP contribution in [0.25, 0.3) is 0 Å². The lowest BCUT2D eigenvalue weighted by atomic mass is 10.1. The van der Waals surface area contributed by atoms with Crippen LogP contribution >= 0.6 is 12.2 Å². The van der Waals surface area contributed by atoms with E-state index >= 15 is 0 Å². The smallest absolute Gasteiger partial charge is 0.352 e. The standard InChI is InChI=1S/C12H16O7S/c1-5(13)15-8-7(6-4-14-11(20)16-6)17-10-9(8)18-12(2,3)19-10/h6-10H,4H2,1-3H3/t6-,7+,8-,9+,10-/m0/s1. The Balaban J connectivity index is 1.78. The zero-order valence-electron chi connectivity index (χ0n) is 11.4. The van der Waals surface area contributed by atoms with E-state index in [-0.39, 0.29) is 11.8 Å². The lowest BCUT2D eigenvalue weighted by Crippen LogP contribution is -2.44. The minimum absolute atomic E-state index is 0.0689. The number of carbonyl (C=O) groups excluding carboxylic acids is 1. The van der Waals surface area contributed by atoms with Crippen molar-refractivity contribution in [3.05, 3.63) is 0 Å². The minimum Gasteiger partial charge on any atom is -0.457 e. The molecule has 3 rings (SSSR count). The van der Waals surface area contributed by atoms with Crippen LogP contribution in [0, 0.1) is 0 Å². The van der Waals surface area contributed by atoms with Crippen LogP contribution in [0.4, 0.5) is 0 Å². The summed E-state index contributed by atoms with van der Waals surface area (Å²) in [4.78, 5) is 11.3. The Morgan fingerprint density at radius 2 is 2.10 bits per heavy atom. The van der Waals surface area contributed by atoms with E-state index in [1.165, 1.54) is 6.92 Å². The molecule has 0 aliphatic carbocycles. The summed E-state index contributed by atoms with van der Waals surface area (Å²) in [5.74, 6) is -1.19. The van der Waals surface area contributed by atoms with Gasteiger partial charge < -0.3 is 28.4 Å². The van der Waals surface area contributed by atoms with Gasteiger partial charge in [0, 0.05) is 19.1 Å². The van der Waals surface area contributed by atoms with Crippen molar-refractivity contribution in [2.24, 2.45) is 0 Å². The summed E-state index contributed by atoms with van der Waals surface area (Å²) in [6.07, 6.45) is -2.68. The Morgan fingerprint density at radius 1 is 1.35 bits per heavy atom. The second-order valence-electron chi connectivity index (χ2n) is 5.36. The maximum Gasteiger partial charge on any atom is 0.352 e. The summed E-state index contributed by atoms with van der Waals surface area (Å²) in [6.45, 7) is 5.14. The van der Waals surface area contributed by atoms with Gasteiger partial charge in [-0.25, -0.2) is 0 Å². The first kappa shape index (κ1) is 14.0. The second kappa shape index (κ2) is 4.80. The fraction of sp³-hybridized carbons (Fsp3) is 0.833. The van der Waals surface area contributed by atoms with E-state index < -0.39 is 42.5 Å². The number of fused-ring (bicyclic) bond motifs is 1. The van der Waals surface area contributed by atoms with Crippen LogP contribution in [0.1, 0.15) is 20.8 Å². The molecule has 0 bridgehead atoms. The van der Waals surface area contributed by atoms with Gasteiger partial charge >= 0.3 is 11.2 Å². The first-order valence-electron chi connectivity index (χ1n) is 6.37. The number of ether oxygens (including phenoxy) is 6. The molecule has 0 aromatic rings. The Morgan fingerprint density at radius 3 is 2.70 bits per heavy atom. The molecule has 112 valence electrons. The molecule has 20 heavy (non-hydrogen) atoms. The molecule has 3 aliphatic heterocycles. The molecule has 3 heterocycles. The van der Waals surface area contributed by atoms with Crippen molar-refractivity contribution in [1.82, 2.24) is 0 Å². The van der Waals surface area contributed by atoms with Crippen LogP contribution in [0.2, 0.25) is 0 Å². The summed E-state index contributed by atoms with van der Waals surface area (Å²) < 4.78 is 33.0. The average molecular weight is 304 g/mol. The van der Waals surface area contributed by atoms with Gasteiger partial charge in [0.25, 0.3) is 0 Å². The molecule has 3 saturated heterocycles. The predicted molar refractivity (Wildman–Crippen MR) is 67.7 cm³/mol. The Kier molecular flexibility index (Phi) is 3.36. The van der Waals surface area contributed by atoms with Gasteiger partial charge in [0.1, 0.15) is 12.7 Å². The van der Waals surface area contributed by atoms with Crippen LogP contribution in [0.5, 0.6) is 0 Å². The predicted octanol–water partition coefficient (Wildman–Crippen LogP) is 0.495. The quantitative estimate of drug-likeness (QED) is 0.539. The molecular formula is C12H16O7S. The van der Waals surface area contributed by atoms with Gasteiger partial charge in [-0.2, -0.15) is 0 Å². The van der Waals surface area contributed by atoms with Gasteiger partial charge in [-0.3, -0.25) is 4.79 Å². The molecule has 0 saturated carbocycles. The summed E-state index contributed by atoms with van der Waals surface area (Å²) in [7, 11) is 0. The molecule has 0 N–H and O–H groups in total. The lowest BCUT2D eigenvalue weighted by Gasteiger charge is -2.27. The molecule has 3 aliphatic rings. The number of rotatable bonds is 2. The van der Waals surface area contributed by atoms with Crippen molar-refractivity contribution in [1.29, 1.82) is 0 Å². The van der Waals surface area contributed by atoms with Gasteiger partial charge in [-0.1, -0.05) is 0 Å². The Labute approximate surface area is 121 Å². The molecule has 0 spiro atoms. The number of hydrogen-bond donors (Lipinski definition) is 0. The molecule has 0 unspecified atom stereocenters. The van der Waals surface area contributed by atoms with Gasteiger partial charge in [-0.05, 0) is 13.8 Å². The van der Waals surface area contributed by atoms with E-state index in [0.717, 1.165) is 0 Å².